The minimum atomic E-state index is -3.62. The minimum Gasteiger partial charge on any atom is -0.337 e. The molecule has 4 rings (SSSR count). The molecule has 0 aliphatic heterocycles. The lowest BCUT2D eigenvalue weighted by atomic mass is 10.2. The molecule has 164 valence electrons. The molecule has 0 fully saturated rings. The molecule has 1 N–H and O–H groups in total. The van der Waals surface area contributed by atoms with Crippen molar-refractivity contribution < 1.29 is 13.2 Å². The number of carbonyl (C=O) groups excluding carboxylic acids is 1. The van der Waals surface area contributed by atoms with Gasteiger partial charge in [0, 0.05) is 36.6 Å². The zero-order valence-corrected chi connectivity index (χ0v) is 19.0. The van der Waals surface area contributed by atoms with Crippen LogP contribution in [0.3, 0.4) is 0 Å². The van der Waals surface area contributed by atoms with Crippen molar-refractivity contribution in [1.29, 1.82) is 0 Å². The van der Waals surface area contributed by atoms with Gasteiger partial charge in [-0.2, -0.15) is 5.10 Å². The molecule has 7 nitrogen and oxygen atoms in total. The summed E-state index contributed by atoms with van der Waals surface area (Å²) < 4.78 is 29.3. The summed E-state index contributed by atoms with van der Waals surface area (Å²) in [7, 11) is -1.89. The summed E-state index contributed by atoms with van der Waals surface area (Å²) in [6, 6.07) is 19.7. The number of amides is 1. The predicted octanol–water partition coefficient (Wildman–Crippen LogP) is 4.07. The van der Waals surface area contributed by atoms with Crippen LogP contribution < -0.4 is 4.72 Å². The lowest BCUT2D eigenvalue weighted by Gasteiger charge is -2.16. The third kappa shape index (κ3) is 5.24. The predicted molar refractivity (Wildman–Crippen MR) is 125 cm³/mol. The number of aromatic nitrogens is 2. The van der Waals surface area contributed by atoms with Gasteiger partial charge in [-0.1, -0.05) is 36.4 Å². The molecular weight excluding hydrogens is 444 g/mol. The van der Waals surface area contributed by atoms with E-state index in [-0.39, 0.29) is 10.1 Å². The summed E-state index contributed by atoms with van der Waals surface area (Å²) in [4.78, 5) is 14.4. The Hall–Kier alpha value is -3.43. The second kappa shape index (κ2) is 9.37. The third-order valence-electron chi connectivity index (χ3n) is 4.78. The van der Waals surface area contributed by atoms with Gasteiger partial charge in [0.2, 0.25) is 0 Å². The van der Waals surface area contributed by atoms with Gasteiger partial charge in [-0.05, 0) is 41.3 Å². The van der Waals surface area contributed by atoms with Crippen LogP contribution in [0.1, 0.15) is 21.5 Å². The van der Waals surface area contributed by atoms with Gasteiger partial charge in [-0.3, -0.25) is 14.2 Å². The van der Waals surface area contributed by atoms with E-state index < -0.39 is 10.0 Å². The van der Waals surface area contributed by atoms with Crippen molar-refractivity contribution in [3.05, 3.63) is 101 Å². The summed E-state index contributed by atoms with van der Waals surface area (Å²) >= 11 is 1.15. The van der Waals surface area contributed by atoms with E-state index >= 15 is 0 Å². The van der Waals surface area contributed by atoms with Gasteiger partial charge in [0.05, 0.1) is 12.7 Å². The highest BCUT2D eigenvalue weighted by Crippen LogP contribution is 2.21. The standard InChI is InChI=1S/C23H22N4O3S2/c1-26(15-19-14-24-27(17-19)16-18-6-3-2-4-7-18)23(28)20-9-11-21(12-10-20)25-32(29,30)22-8-5-13-31-22/h2-14,17,25H,15-16H2,1H3. The molecule has 0 radical (unpaired) electrons. The summed E-state index contributed by atoms with van der Waals surface area (Å²) in [5, 5.41) is 6.08. The molecular formula is C23H22N4O3S2. The Morgan fingerprint density at radius 3 is 2.47 bits per heavy atom. The Morgan fingerprint density at radius 2 is 1.78 bits per heavy atom. The Balaban J connectivity index is 1.37. The van der Waals surface area contributed by atoms with Crippen molar-refractivity contribution in [3.63, 3.8) is 0 Å². The van der Waals surface area contributed by atoms with E-state index in [9.17, 15) is 13.2 Å². The Labute approximate surface area is 191 Å². The molecule has 0 aliphatic carbocycles. The Kier molecular flexibility index (Phi) is 6.38. The van der Waals surface area contributed by atoms with Crippen molar-refractivity contribution in [1.82, 2.24) is 14.7 Å². The molecule has 9 heteroatoms. The first-order valence-corrected chi connectivity index (χ1v) is 12.2. The van der Waals surface area contributed by atoms with E-state index in [0.29, 0.717) is 24.3 Å². The Morgan fingerprint density at radius 1 is 1.03 bits per heavy atom. The van der Waals surface area contributed by atoms with E-state index in [4.69, 9.17) is 0 Å². The number of sulfonamides is 1. The fourth-order valence-electron chi connectivity index (χ4n) is 3.21. The van der Waals surface area contributed by atoms with E-state index in [1.54, 1.807) is 59.9 Å². The average Bonchev–Trinajstić information content (AvgIpc) is 3.47. The number of hydrogen-bond donors (Lipinski definition) is 1. The molecule has 0 bridgehead atoms. The van der Waals surface area contributed by atoms with Crippen LogP contribution in [-0.2, 0) is 23.1 Å². The molecule has 0 atom stereocenters. The van der Waals surface area contributed by atoms with Crippen molar-refractivity contribution in [2.45, 2.75) is 17.3 Å². The molecule has 0 saturated carbocycles. The van der Waals surface area contributed by atoms with E-state index in [2.05, 4.69) is 9.82 Å². The maximum Gasteiger partial charge on any atom is 0.271 e. The summed E-state index contributed by atoms with van der Waals surface area (Å²) in [6.07, 6.45) is 3.69. The summed E-state index contributed by atoms with van der Waals surface area (Å²) in [6.45, 7) is 1.09. The molecule has 0 aliphatic rings. The van der Waals surface area contributed by atoms with Crippen LogP contribution in [0.2, 0.25) is 0 Å². The Bertz CT molecular complexity index is 1280. The number of carbonyl (C=O) groups is 1. The molecule has 4 aromatic rings. The van der Waals surface area contributed by atoms with E-state index in [1.807, 2.05) is 41.2 Å². The summed E-state index contributed by atoms with van der Waals surface area (Å²) in [5.74, 6) is -0.159. The van der Waals surface area contributed by atoms with E-state index in [0.717, 1.165) is 22.5 Å². The highest BCUT2D eigenvalue weighted by atomic mass is 32.2. The fraction of sp³-hybridized carbons (Fsp3) is 0.130. The number of nitrogens with one attached hydrogen (secondary N) is 1. The quantitative estimate of drug-likeness (QED) is 0.424. The number of thiophene rings is 1. The zero-order chi connectivity index (χ0) is 22.6. The van der Waals surface area contributed by atoms with Gasteiger partial charge in [0.25, 0.3) is 15.9 Å². The second-order valence-electron chi connectivity index (χ2n) is 7.31. The molecule has 32 heavy (non-hydrogen) atoms. The van der Waals surface area contributed by atoms with Crippen LogP contribution >= 0.6 is 11.3 Å². The number of benzene rings is 2. The molecule has 2 heterocycles. The normalized spacial score (nSPS) is 11.3. The molecule has 2 aromatic carbocycles. The van der Waals surface area contributed by atoms with Crippen LogP contribution in [0.4, 0.5) is 5.69 Å². The van der Waals surface area contributed by atoms with Gasteiger partial charge in [-0.15, -0.1) is 11.3 Å². The van der Waals surface area contributed by atoms with Crippen molar-refractivity contribution in [2.75, 3.05) is 11.8 Å². The number of hydrogen-bond acceptors (Lipinski definition) is 5. The fourth-order valence-corrected chi connectivity index (χ4v) is 5.27. The van der Waals surface area contributed by atoms with Crippen LogP contribution in [0.5, 0.6) is 0 Å². The van der Waals surface area contributed by atoms with Crippen LogP contribution in [0.15, 0.2) is 88.7 Å². The smallest absolute Gasteiger partial charge is 0.271 e. The number of nitrogens with zero attached hydrogens (tertiary/aromatic N) is 3. The number of rotatable bonds is 8. The zero-order valence-electron chi connectivity index (χ0n) is 17.4. The molecule has 0 spiro atoms. The largest absolute Gasteiger partial charge is 0.337 e. The lowest BCUT2D eigenvalue weighted by molar-refractivity contribution is 0.0785. The molecule has 2 aromatic heterocycles. The minimum absolute atomic E-state index is 0.159. The first-order chi connectivity index (χ1) is 15.4. The van der Waals surface area contributed by atoms with Gasteiger partial charge in [0.15, 0.2) is 0 Å². The van der Waals surface area contributed by atoms with Crippen molar-refractivity contribution in [2.24, 2.45) is 0 Å². The average molecular weight is 467 g/mol. The van der Waals surface area contributed by atoms with Crippen LogP contribution in [0, 0.1) is 0 Å². The SMILES string of the molecule is CN(Cc1cnn(Cc2ccccc2)c1)C(=O)c1ccc(NS(=O)(=O)c2cccs2)cc1. The maximum atomic E-state index is 12.8. The molecule has 0 saturated heterocycles. The van der Waals surface area contributed by atoms with Gasteiger partial charge >= 0.3 is 0 Å². The molecule has 0 unspecified atom stereocenters. The van der Waals surface area contributed by atoms with Gasteiger partial charge in [0.1, 0.15) is 4.21 Å². The maximum absolute atomic E-state index is 12.8. The van der Waals surface area contributed by atoms with Gasteiger partial charge < -0.3 is 4.90 Å². The topological polar surface area (TPSA) is 84.3 Å². The van der Waals surface area contributed by atoms with Crippen molar-refractivity contribution in [3.8, 4) is 0 Å². The van der Waals surface area contributed by atoms with Gasteiger partial charge in [-0.25, -0.2) is 8.42 Å². The van der Waals surface area contributed by atoms with Crippen LogP contribution in [-0.4, -0.2) is 36.1 Å². The van der Waals surface area contributed by atoms with E-state index in [1.165, 1.54) is 0 Å². The van der Waals surface area contributed by atoms with Crippen molar-refractivity contribution >= 4 is 33.0 Å². The lowest BCUT2D eigenvalue weighted by Crippen LogP contribution is -2.26. The third-order valence-corrected chi connectivity index (χ3v) is 7.56. The first-order valence-electron chi connectivity index (χ1n) is 9.88. The highest BCUT2D eigenvalue weighted by Gasteiger charge is 2.17. The van der Waals surface area contributed by atoms with Crippen LogP contribution in [0.25, 0.3) is 0 Å². The first kappa shape index (κ1) is 21.8. The molecule has 1 amide bonds. The second-order valence-corrected chi connectivity index (χ2v) is 10.2. The highest BCUT2D eigenvalue weighted by molar-refractivity contribution is 7.94. The monoisotopic (exact) mass is 466 g/mol. The number of anilines is 1. The summed E-state index contributed by atoms with van der Waals surface area (Å²) in [5.41, 5.74) is 2.96.